The molecule has 1 fully saturated rings. The largest absolute Gasteiger partial charge is 0.416 e. The van der Waals surface area contributed by atoms with Gasteiger partial charge in [0.1, 0.15) is 0 Å². The fourth-order valence-electron chi connectivity index (χ4n) is 3.58. The number of alkyl halides is 3. The van der Waals surface area contributed by atoms with Gasteiger partial charge < -0.3 is 5.32 Å². The minimum Gasteiger partial charge on any atom is -0.319 e. The van der Waals surface area contributed by atoms with Crippen molar-refractivity contribution in [3.8, 4) is 0 Å². The molecule has 0 unspecified atom stereocenters. The Kier molecular flexibility index (Phi) is 3.42. The topological polar surface area (TPSA) is 12.0 Å². The zero-order valence-electron chi connectivity index (χ0n) is 11.6. The fraction of sp³-hybridized carbons (Fsp3) is 0.600. The summed E-state index contributed by atoms with van der Waals surface area (Å²) in [5, 5.41) is 3.12. The molecule has 1 nitrogen and oxygen atoms in total. The summed E-state index contributed by atoms with van der Waals surface area (Å²) in [7, 11) is 1.85. The van der Waals surface area contributed by atoms with Crippen molar-refractivity contribution < 1.29 is 13.2 Å². The van der Waals surface area contributed by atoms with Gasteiger partial charge in [-0.15, -0.1) is 0 Å². The second-order valence-corrected chi connectivity index (χ2v) is 6.41. The van der Waals surface area contributed by atoms with E-state index in [9.17, 15) is 13.2 Å². The van der Waals surface area contributed by atoms with Gasteiger partial charge in [0.05, 0.1) is 5.56 Å². The standard InChI is InChI=1S/C15H20F3N/c1-13(2)8-14(9-13,10-19-3)11-5-4-6-12(7-11)15(16,17)18/h4-7,19H,8-10H2,1-3H3. The van der Waals surface area contributed by atoms with E-state index in [4.69, 9.17) is 0 Å². The van der Waals surface area contributed by atoms with Gasteiger partial charge in [0.25, 0.3) is 0 Å². The Labute approximate surface area is 112 Å². The van der Waals surface area contributed by atoms with E-state index < -0.39 is 11.7 Å². The average Bonchev–Trinajstić information content (AvgIpc) is 2.25. The summed E-state index contributed by atoms with van der Waals surface area (Å²) in [6.07, 6.45) is -2.43. The molecule has 4 heteroatoms. The van der Waals surface area contributed by atoms with Crippen molar-refractivity contribution in [1.82, 2.24) is 5.32 Å². The minimum absolute atomic E-state index is 0.153. The van der Waals surface area contributed by atoms with E-state index in [1.54, 1.807) is 0 Å². The lowest BCUT2D eigenvalue weighted by Gasteiger charge is -2.54. The Morgan fingerprint density at radius 3 is 2.32 bits per heavy atom. The summed E-state index contributed by atoms with van der Waals surface area (Å²) >= 11 is 0. The van der Waals surface area contributed by atoms with Crippen molar-refractivity contribution in [3.05, 3.63) is 35.4 Å². The lowest BCUT2D eigenvalue weighted by Crippen LogP contribution is -2.52. The first-order valence-electron chi connectivity index (χ1n) is 6.51. The Hall–Kier alpha value is -1.03. The third-order valence-electron chi connectivity index (χ3n) is 3.95. The third-order valence-corrected chi connectivity index (χ3v) is 3.95. The van der Waals surface area contributed by atoms with Crippen LogP contribution in [0.2, 0.25) is 0 Å². The average molecular weight is 271 g/mol. The number of halogens is 3. The van der Waals surface area contributed by atoms with Crippen LogP contribution in [0.25, 0.3) is 0 Å². The smallest absolute Gasteiger partial charge is 0.319 e. The van der Waals surface area contributed by atoms with E-state index in [0.29, 0.717) is 0 Å². The molecule has 1 aromatic carbocycles. The molecule has 1 aromatic rings. The predicted molar refractivity (Wildman–Crippen MR) is 70.1 cm³/mol. The first-order chi connectivity index (χ1) is 8.69. The first-order valence-corrected chi connectivity index (χ1v) is 6.51. The van der Waals surface area contributed by atoms with Crippen molar-refractivity contribution in [2.45, 2.75) is 38.3 Å². The molecule has 1 saturated carbocycles. The van der Waals surface area contributed by atoms with Crippen LogP contribution in [0.4, 0.5) is 13.2 Å². The summed E-state index contributed by atoms with van der Waals surface area (Å²) in [6, 6.07) is 5.79. The highest BCUT2D eigenvalue weighted by Gasteiger charge is 2.50. The summed E-state index contributed by atoms with van der Waals surface area (Å²) in [6.45, 7) is 5.04. The van der Waals surface area contributed by atoms with Crippen LogP contribution in [0, 0.1) is 5.41 Å². The van der Waals surface area contributed by atoms with E-state index in [2.05, 4.69) is 19.2 Å². The SMILES string of the molecule is CNCC1(c2cccc(C(F)(F)F)c2)CC(C)(C)C1. The maximum Gasteiger partial charge on any atom is 0.416 e. The van der Waals surface area contributed by atoms with Gasteiger partial charge in [-0.3, -0.25) is 0 Å². The zero-order valence-corrected chi connectivity index (χ0v) is 11.6. The van der Waals surface area contributed by atoms with Crippen molar-refractivity contribution in [2.75, 3.05) is 13.6 Å². The van der Waals surface area contributed by atoms with Crippen LogP contribution >= 0.6 is 0 Å². The molecule has 0 amide bonds. The van der Waals surface area contributed by atoms with E-state index in [-0.39, 0.29) is 10.8 Å². The van der Waals surface area contributed by atoms with E-state index >= 15 is 0 Å². The highest BCUT2D eigenvalue weighted by atomic mass is 19.4. The lowest BCUT2D eigenvalue weighted by atomic mass is 9.52. The van der Waals surface area contributed by atoms with Crippen molar-refractivity contribution >= 4 is 0 Å². The van der Waals surface area contributed by atoms with E-state index in [1.165, 1.54) is 12.1 Å². The minimum atomic E-state index is -4.27. The molecule has 0 aromatic heterocycles. The normalized spacial score (nSPS) is 20.9. The Bertz CT molecular complexity index is 455. The maximum absolute atomic E-state index is 12.8. The maximum atomic E-state index is 12.8. The molecule has 0 saturated heterocycles. The van der Waals surface area contributed by atoms with Gasteiger partial charge >= 0.3 is 6.18 Å². The van der Waals surface area contributed by atoms with E-state index in [0.717, 1.165) is 31.0 Å². The predicted octanol–water partition coefficient (Wildman–Crippen LogP) is 3.98. The summed E-state index contributed by atoms with van der Waals surface area (Å²) < 4.78 is 38.4. The molecule has 0 aliphatic heterocycles. The van der Waals surface area contributed by atoms with Crippen LogP contribution in [0.3, 0.4) is 0 Å². The Morgan fingerprint density at radius 1 is 1.21 bits per heavy atom. The number of nitrogens with one attached hydrogen (secondary N) is 1. The third kappa shape index (κ3) is 2.78. The molecule has 1 N–H and O–H groups in total. The highest BCUT2D eigenvalue weighted by molar-refractivity contribution is 5.35. The molecule has 0 atom stereocenters. The molecule has 1 aliphatic carbocycles. The second-order valence-electron chi connectivity index (χ2n) is 6.41. The second kappa shape index (κ2) is 4.51. The number of hydrogen-bond acceptors (Lipinski definition) is 1. The molecular formula is C15H20F3N. The number of hydrogen-bond donors (Lipinski definition) is 1. The molecule has 2 rings (SSSR count). The van der Waals surface area contributed by atoms with Gasteiger partial charge in [-0.2, -0.15) is 13.2 Å². The Balaban J connectivity index is 2.34. The van der Waals surface area contributed by atoms with Gasteiger partial charge in [0, 0.05) is 12.0 Å². The highest BCUT2D eigenvalue weighted by Crippen LogP contribution is 2.55. The van der Waals surface area contributed by atoms with Gasteiger partial charge in [-0.05, 0) is 36.9 Å². The Morgan fingerprint density at radius 2 is 1.84 bits per heavy atom. The van der Waals surface area contributed by atoms with Gasteiger partial charge in [-0.25, -0.2) is 0 Å². The molecule has 1 aliphatic rings. The van der Waals surface area contributed by atoms with Crippen LogP contribution < -0.4 is 5.32 Å². The van der Waals surface area contributed by atoms with Crippen LogP contribution in [-0.4, -0.2) is 13.6 Å². The molecule has 0 radical (unpaired) electrons. The van der Waals surface area contributed by atoms with Gasteiger partial charge in [0.2, 0.25) is 0 Å². The zero-order chi connectivity index (χ0) is 14.3. The molecule has 19 heavy (non-hydrogen) atoms. The monoisotopic (exact) mass is 271 g/mol. The van der Waals surface area contributed by atoms with Gasteiger partial charge in [-0.1, -0.05) is 32.0 Å². The fourth-order valence-corrected chi connectivity index (χ4v) is 3.58. The quantitative estimate of drug-likeness (QED) is 0.876. The summed E-state index contributed by atoms with van der Waals surface area (Å²) in [5.74, 6) is 0. The number of rotatable bonds is 3. The number of likely N-dealkylation sites (N-methyl/N-ethyl adjacent to an activating group) is 1. The van der Waals surface area contributed by atoms with Crippen LogP contribution in [0.5, 0.6) is 0 Å². The van der Waals surface area contributed by atoms with Crippen molar-refractivity contribution in [2.24, 2.45) is 5.41 Å². The first kappa shape index (κ1) is 14.4. The van der Waals surface area contributed by atoms with Crippen molar-refractivity contribution in [3.63, 3.8) is 0 Å². The van der Waals surface area contributed by atoms with E-state index in [1.807, 2.05) is 13.1 Å². The van der Waals surface area contributed by atoms with Crippen molar-refractivity contribution in [1.29, 1.82) is 0 Å². The summed E-state index contributed by atoms with van der Waals surface area (Å²) in [4.78, 5) is 0. The molecule has 0 bridgehead atoms. The molecule has 0 spiro atoms. The summed E-state index contributed by atoms with van der Waals surface area (Å²) in [5.41, 5.74) is 0.311. The molecular weight excluding hydrogens is 251 g/mol. The van der Waals surface area contributed by atoms with Crippen LogP contribution in [0.15, 0.2) is 24.3 Å². The van der Waals surface area contributed by atoms with Crippen LogP contribution in [0.1, 0.15) is 37.8 Å². The lowest BCUT2D eigenvalue weighted by molar-refractivity contribution is -0.137. The molecule has 106 valence electrons. The van der Waals surface area contributed by atoms with Gasteiger partial charge in [0.15, 0.2) is 0 Å². The van der Waals surface area contributed by atoms with Crippen LogP contribution in [-0.2, 0) is 11.6 Å². The number of benzene rings is 1. The molecule has 0 heterocycles.